The molecular formula is C10H16S2. The van der Waals surface area contributed by atoms with Crippen LogP contribution in [0.25, 0.3) is 0 Å². The third-order valence-electron chi connectivity index (χ3n) is 3.83. The fourth-order valence-electron chi connectivity index (χ4n) is 3.29. The second-order valence-electron chi connectivity index (χ2n) is 4.47. The fraction of sp³-hybridized carbons (Fsp3) is 1.00. The van der Waals surface area contributed by atoms with E-state index in [2.05, 4.69) is 21.6 Å². The van der Waals surface area contributed by atoms with E-state index in [1.807, 2.05) is 0 Å². The SMILES string of the molecule is C1CC2CCCC3SSC(C1)C23. The molecule has 2 aliphatic carbocycles. The van der Waals surface area contributed by atoms with Gasteiger partial charge in [-0.3, -0.25) is 0 Å². The van der Waals surface area contributed by atoms with E-state index in [9.17, 15) is 0 Å². The molecule has 0 spiro atoms. The van der Waals surface area contributed by atoms with E-state index in [0.29, 0.717) is 0 Å². The molecule has 0 amide bonds. The first kappa shape index (κ1) is 8.05. The van der Waals surface area contributed by atoms with E-state index in [1.165, 1.54) is 25.7 Å². The smallest absolute Gasteiger partial charge is 0.0193 e. The van der Waals surface area contributed by atoms with Gasteiger partial charge < -0.3 is 0 Å². The molecule has 1 heterocycles. The van der Waals surface area contributed by atoms with Crippen LogP contribution < -0.4 is 0 Å². The average molecular weight is 200 g/mol. The summed E-state index contributed by atoms with van der Waals surface area (Å²) in [7, 11) is 4.44. The van der Waals surface area contributed by atoms with Gasteiger partial charge in [-0.1, -0.05) is 47.3 Å². The summed E-state index contributed by atoms with van der Waals surface area (Å²) in [4.78, 5) is 0. The molecule has 0 aromatic heterocycles. The highest BCUT2D eigenvalue weighted by molar-refractivity contribution is 8.77. The van der Waals surface area contributed by atoms with E-state index >= 15 is 0 Å². The Labute approximate surface area is 82.7 Å². The summed E-state index contributed by atoms with van der Waals surface area (Å²) in [5.74, 6) is 2.26. The monoisotopic (exact) mass is 200 g/mol. The van der Waals surface area contributed by atoms with Crippen LogP contribution in [0, 0.1) is 11.8 Å². The lowest BCUT2D eigenvalue weighted by molar-refractivity contribution is 0.190. The van der Waals surface area contributed by atoms with E-state index in [0.717, 1.165) is 22.3 Å². The predicted molar refractivity (Wildman–Crippen MR) is 57.4 cm³/mol. The van der Waals surface area contributed by atoms with Gasteiger partial charge in [0.15, 0.2) is 0 Å². The van der Waals surface area contributed by atoms with Crippen molar-refractivity contribution in [3.63, 3.8) is 0 Å². The van der Waals surface area contributed by atoms with Crippen molar-refractivity contribution in [2.45, 2.75) is 49.0 Å². The zero-order chi connectivity index (χ0) is 7.97. The first-order chi connectivity index (χ1) is 5.95. The third-order valence-corrected chi connectivity index (χ3v) is 7.35. The van der Waals surface area contributed by atoms with Gasteiger partial charge in [-0.05, 0) is 24.7 Å². The molecular weight excluding hydrogens is 184 g/mol. The van der Waals surface area contributed by atoms with Gasteiger partial charge in [-0.15, -0.1) is 0 Å². The lowest BCUT2D eigenvalue weighted by Gasteiger charge is -2.39. The van der Waals surface area contributed by atoms with E-state index in [4.69, 9.17) is 0 Å². The maximum atomic E-state index is 2.22. The molecule has 0 N–H and O–H groups in total. The predicted octanol–water partition coefficient (Wildman–Crippen LogP) is 3.72. The second-order valence-corrected chi connectivity index (χ2v) is 7.22. The standard InChI is InChI=1S/C10H16S2/c1-3-7-4-2-6-9-10(7)8(5-1)11-12-9/h7-10H,1-6H2. The molecule has 0 radical (unpaired) electrons. The molecule has 0 nitrogen and oxygen atoms in total. The van der Waals surface area contributed by atoms with Gasteiger partial charge in [0.05, 0.1) is 0 Å². The highest BCUT2D eigenvalue weighted by Crippen LogP contribution is 2.59. The van der Waals surface area contributed by atoms with Crippen LogP contribution in [0.15, 0.2) is 0 Å². The van der Waals surface area contributed by atoms with Crippen molar-refractivity contribution in [3.8, 4) is 0 Å². The van der Waals surface area contributed by atoms with Crippen molar-refractivity contribution >= 4 is 21.6 Å². The van der Waals surface area contributed by atoms with E-state index in [1.54, 1.807) is 12.8 Å². The summed E-state index contributed by atoms with van der Waals surface area (Å²) in [6.45, 7) is 0. The Morgan fingerprint density at radius 2 is 1.33 bits per heavy atom. The molecule has 3 aliphatic rings. The normalized spacial score (nSPS) is 52.0. The lowest BCUT2D eigenvalue weighted by atomic mass is 9.70. The summed E-state index contributed by atoms with van der Waals surface area (Å²) in [5.41, 5.74) is 0. The molecule has 0 aromatic rings. The summed E-state index contributed by atoms with van der Waals surface area (Å²) < 4.78 is 0. The molecule has 12 heavy (non-hydrogen) atoms. The lowest BCUT2D eigenvalue weighted by Crippen LogP contribution is -2.36. The van der Waals surface area contributed by atoms with Gasteiger partial charge in [0, 0.05) is 10.5 Å². The second kappa shape index (κ2) is 3.13. The molecule has 2 saturated carbocycles. The van der Waals surface area contributed by atoms with Gasteiger partial charge in [-0.2, -0.15) is 0 Å². The average Bonchev–Trinajstić information content (AvgIpc) is 2.52. The minimum atomic E-state index is 1.05. The third kappa shape index (κ3) is 1.14. The van der Waals surface area contributed by atoms with Gasteiger partial charge >= 0.3 is 0 Å². The molecule has 3 fully saturated rings. The van der Waals surface area contributed by atoms with Crippen LogP contribution in [-0.2, 0) is 0 Å². The Morgan fingerprint density at radius 1 is 0.750 bits per heavy atom. The molecule has 2 unspecified atom stereocenters. The molecule has 2 heteroatoms. The minimum Gasteiger partial charge on any atom is -0.0901 e. The molecule has 68 valence electrons. The first-order valence-electron chi connectivity index (χ1n) is 5.27. The van der Waals surface area contributed by atoms with Crippen LogP contribution in [0.4, 0.5) is 0 Å². The molecule has 2 atom stereocenters. The highest BCUT2D eigenvalue weighted by Gasteiger charge is 2.45. The van der Waals surface area contributed by atoms with Crippen LogP contribution in [0.3, 0.4) is 0 Å². The maximum Gasteiger partial charge on any atom is 0.0193 e. The quantitative estimate of drug-likeness (QED) is 0.547. The van der Waals surface area contributed by atoms with Gasteiger partial charge in [0.2, 0.25) is 0 Å². The van der Waals surface area contributed by atoms with Crippen molar-refractivity contribution in [2.24, 2.45) is 11.8 Å². The Balaban J connectivity index is 1.84. The van der Waals surface area contributed by atoms with Gasteiger partial charge in [-0.25, -0.2) is 0 Å². The summed E-state index contributed by atoms with van der Waals surface area (Å²) in [6.07, 6.45) is 9.19. The number of hydrogen-bond acceptors (Lipinski definition) is 2. The Bertz CT molecular complexity index is 163. The van der Waals surface area contributed by atoms with Crippen LogP contribution in [0.1, 0.15) is 38.5 Å². The van der Waals surface area contributed by atoms with E-state index in [-0.39, 0.29) is 0 Å². The zero-order valence-electron chi connectivity index (χ0n) is 7.37. The fourth-order valence-corrected chi connectivity index (χ4v) is 7.48. The number of rotatable bonds is 0. The van der Waals surface area contributed by atoms with Crippen molar-refractivity contribution in [1.29, 1.82) is 0 Å². The largest absolute Gasteiger partial charge is 0.0901 e. The molecule has 0 bridgehead atoms. The highest BCUT2D eigenvalue weighted by atomic mass is 33.1. The van der Waals surface area contributed by atoms with E-state index < -0.39 is 0 Å². The maximum absolute atomic E-state index is 2.22. The van der Waals surface area contributed by atoms with Crippen LogP contribution in [0.2, 0.25) is 0 Å². The Hall–Kier alpha value is 0.700. The van der Waals surface area contributed by atoms with Crippen LogP contribution in [0.5, 0.6) is 0 Å². The molecule has 3 rings (SSSR count). The number of hydrogen-bond donors (Lipinski definition) is 0. The van der Waals surface area contributed by atoms with Crippen molar-refractivity contribution in [2.75, 3.05) is 0 Å². The molecule has 0 aromatic carbocycles. The van der Waals surface area contributed by atoms with Gasteiger partial charge in [0.25, 0.3) is 0 Å². The van der Waals surface area contributed by atoms with Crippen LogP contribution in [-0.4, -0.2) is 10.5 Å². The van der Waals surface area contributed by atoms with Gasteiger partial charge in [0.1, 0.15) is 0 Å². The summed E-state index contributed by atoms with van der Waals surface area (Å²) >= 11 is 0. The molecule has 1 saturated heterocycles. The minimum absolute atomic E-state index is 1.05. The molecule has 1 aliphatic heterocycles. The first-order valence-corrected chi connectivity index (χ1v) is 7.55. The zero-order valence-corrected chi connectivity index (χ0v) is 9.00. The topological polar surface area (TPSA) is 0 Å². The van der Waals surface area contributed by atoms with Crippen LogP contribution >= 0.6 is 21.6 Å². The van der Waals surface area contributed by atoms with Crippen molar-refractivity contribution in [1.82, 2.24) is 0 Å². The van der Waals surface area contributed by atoms with Crippen molar-refractivity contribution < 1.29 is 0 Å². The summed E-state index contributed by atoms with van der Waals surface area (Å²) in [6, 6.07) is 0. The van der Waals surface area contributed by atoms with Crippen molar-refractivity contribution in [3.05, 3.63) is 0 Å². The Morgan fingerprint density at radius 3 is 1.92 bits per heavy atom. The Kier molecular flexibility index (Phi) is 2.10. The summed E-state index contributed by atoms with van der Waals surface area (Å²) in [5, 5.41) is 2.11.